The van der Waals surface area contributed by atoms with Gasteiger partial charge in [-0.2, -0.15) is 0 Å². The fourth-order valence-electron chi connectivity index (χ4n) is 1.82. The number of thiocarbonyl (C=S) groups is 1. The summed E-state index contributed by atoms with van der Waals surface area (Å²) in [5.41, 5.74) is 5.89. The zero-order chi connectivity index (χ0) is 14.0. The van der Waals surface area contributed by atoms with Gasteiger partial charge in [0, 0.05) is 24.4 Å². The highest BCUT2D eigenvalue weighted by molar-refractivity contribution is 7.80. The molecule has 6 nitrogen and oxygen atoms in total. The van der Waals surface area contributed by atoms with Crippen LogP contribution in [0, 0.1) is 5.41 Å². The molecule has 0 aromatic carbocycles. The summed E-state index contributed by atoms with van der Waals surface area (Å²) in [4.78, 5) is 16.4. The van der Waals surface area contributed by atoms with E-state index in [9.17, 15) is 4.79 Å². The van der Waals surface area contributed by atoms with E-state index in [-0.39, 0.29) is 11.1 Å². The smallest absolute Gasteiger partial charge is 0.350 e. The Morgan fingerprint density at radius 3 is 2.89 bits per heavy atom. The van der Waals surface area contributed by atoms with Gasteiger partial charge in [0.25, 0.3) is 0 Å². The Morgan fingerprint density at radius 2 is 2.26 bits per heavy atom. The van der Waals surface area contributed by atoms with Crippen molar-refractivity contribution in [2.45, 2.75) is 33.2 Å². The number of aryl methyl sites for hydroxylation is 1. The Kier molecular flexibility index (Phi) is 3.66. The maximum atomic E-state index is 12.0. The lowest BCUT2D eigenvalue weighted by molar-refractivity contribution is 0.422. The molecule has 19 heavy (non-hydrogen) atoms. The van der Waals surface area contributed by atoms with Crippen molar-refractivity contribution in [3.63, 3.8) is 0 Å². The molecule has 2 rings (SSSR count). The fourth-order valence-corrected chi connectivity index (χ4v) is 1.92. The van der Waals surface area contributed by atoms with Gasteiger partial charge in [-0.25, -0.2) is 13.9 Å². The van der Waals surface area contributed by atoms with Crippen molar-refractivity contribution in [1.82, 2.24) is 19.2 Å². The summed E-state index contributed by atoms with van der Waals surface area (Å²) >= 11 is 5.02. The van der Waals surface area contributed by atoms with Crippen molar-refractivity contribution in [3.8, 4) is 0 Å². The number of rotatable bonds is 5. The lowest BCUT2D eigenvalue weighted by Gasteiger charge is -2.22. The summed E-state index contributed by atoms with van der Waals surface area (Å²) in [6, 6.07) is 0. The molecule has 0 fully saturated rings. The van der Waals surface area contributed by atoms with Crippen LogP contribution in [0.15, 0.2) is 23.4 Å². The molecule has 0 aliphatic rings. The van der Waals surface area contributed by atoms with Crippen LogP contribution in [0.3, 0.4) is 0 Å². The number of hydrogen-bond acceptors (Lipinski definition) is 4. The highest BCUT2D eigenvalue weighted by Crippen LogP contribution is 2.22. The number of hydrogen-bond donors (Lipinski definition) is 1. The van der Waals surface area contributed by atoms with E-state index in [1.807, 2.05) is 13.8 Å². The van der Waals surface area contributed by atoms with Crippen LogP contribution in [0.1, 0.15) is 26.7 Å². The lowest BCUT2D eigenvalue weighted by Crippen LogP contribution is -2.30. The van der Waals surface area contributed by atoms with Gasteiger partial charge in [0.05, 0.1) is 11.2 Å². The maximum absolute atomic E-state index is 12.0. The van der Waals surface area contributed by atoms with Crippen LogP contribution in [0.4, 0.5) is 0 Å². The monoisotopic (exact) mass is 279 g/mol. The molecule has 0 bridgehead atoms. The third-order valence-corrected chi connectivity index (χ3v) is 3.78. The summed E-state index contributed by atoms with van der Waals surface area (Å²) < 4.78 is 2.93. The van der Waals surface area contributed by atoms with Gasteiger partial charge in [-0.15, -0.1) is 5.10 Å². The Balaban J connectivity index is 2.09. The van der Waals surface area contributed by atoms with Crippen LogP contribution in [0.5, 0.6) is 0 Å². The van der Waals surface area contributed by atoms with Crippen LogP contribution < -0.4 is 11.4 Å². The van der Waals surface area contributed by atoms with E-state index < -0.39 is 0 Å². The summed E-state index contributed by atoms with van der Waals surface area (Å²) in [5, 5.41) is 4.22. The van der Waals surface area contributed by atoms with Gasteiger partial charge >= 0.3 is 5.69 Å². The first-order valence-electron chi connectivity index (χ1n) is 6.11. The van der Waals surface area contributed by atoms with E-state index >= 15 is 0 Å². The normalized spacial score (nSPS) is 11.9. The standard InChI is InChI=1S/C12H17N5OS/c1-12(2,10(13)19)4-3-6-17-11(18)16-7-5-14-8-9(16)15-17/h5,7-8H,3-4,6H2,1-2H3,(H2,13,19). The third-order valence-electron chi connectivity index (χ3n) is 3.23. The largest absolute Gasteiger partial charge is 0.393 e. The Hall–Kier alpha value is -1.76. The van der Waals surface area contributed by atoms with Crippen LogP contribution in [-0.4, -0.2) is 24.2 Å². The van der Waals surface area contributed by atoms with E-state index in [4.69, 9.17) is 18.0 Å². The Labute approximate surface area is 116 Å². The predicted molar refractivity (Wildman–Crippen MR) is 77.0 cm³/mol. The Bertz CT molecular complexity index is 657. The van der Waals surface area contributed by atoms with E-state index in [0.29, 0.717) is 17.2 Å². The molecule has 2 heterocycles. The van der Waals surface area contributed by atoms with Gasteiger partial charge in [-0.3, -0.25) is 4.98 Å². The number of nitrogens with two attached hydrogens (primary N) is 1. The minimum absolute atomic E-state index is 0.148. The minimum Gasteiger partial charge on any atom is -0.393 e. The summed E-state index contributed by atoms with van der Waals surface area (Å²) in [5.74, 6) is 0. The van der Waals surface area contributed by atoms with Gasteiger partial charge in [-0.05, 0) is 12.8 Å². The molecule has 0 saturated carbocycles. The second-order valence-electron chi connectivity index (χ2n) is 5.16. The molecule has 2 N–H and O–H groups in total. The first-order valence-corrected chi connectivity index (χ1v) is 6.52. The topological polar surface area (TPSA) is 78.2 Å². The molecule has 0 spiro atoms. The molecule has 0 amide bonds. The average Bonchev–Trinajstić information content (AvgIpc) is 2.67. The fraction of sp³-hybridized carbons (Fsp3) is 0.500. The van der Waals surface area contributed by atoms with Gasteiger partial charge in [0.1, 0.15) is 0 Å². The summed E-state index contributed by atoms with van der Waals surface area (Å²) in [7, 11) is 0. The van der Waals surface area contributed by atoms with Gasteiger partial charge in [0.15, 0.2) is 5.65 Å². The summed E-state index contributed by atoms with van der Waals surface area (Å²) in [6.07, 6.45) is 6.36. The average molecular weight is 279 g/mol. The Morgan fingerprint density at radius 1 is 1.53 bits per heavy atom. The van der Waals surface area contributed by atoms with Crippen LogP contribution in [0.25, 0.3) is 5.65 Å². The van der Waals surface area contributed by atoms with Gasteiger partial charge < -0.3 is 5.73 Å². The number of fused-ring (bicyclic) bond motifs is 1. The molecular weight excluding hydrogens is 262 g/mol. The molecule has 0 saturated heterocycles. The van der Waals surface area contributed by atoms with E-state index in [2.05, 4.69) is 10.1 Å². The van der Waals surface area contributed by atoms with E-state index in [0.717, 1.165) is 12.8 Å². The van der Waals surface area contributed by atoms with Crippen molar-refractivity contribution in [2.75, 3.05) is 0 Å². The zero-order valence-electron chi connectivity index (χ0n) is 11.0. The molecule has 0 radical (unpaired) electrons. The molecule has 7 heteroatoms. The first kappa shape index (κ1) is 13.7. The zero-order valence-corrected chi connectivity index (χ0v) is 11.9. The molecule has 0 unspecified atom stereocenters. The molecular formula is C12H17N5OS. The second-order valence-corrected chi connectivity index (χ2v) is 5.60. The van der Waals surface area contributed by atoms with Crippen LogP contribution >= 0.6 is 12.2 Å². The quantitative estimate of drug-likeness (QED) is 0.826. The van der Waals surface area contributed by atoms with Gasteiger partial charge in [-0.1, -0.05) is 26.1 Å². The molecule has 2 aromatic heterocycles. The maximum Gasteiger partial charge on any atom is 0.350 e. The van der Waals surface area contributed by atoms with Crippen molar-refractivity contribution in [1.29, 1.82) is 0 Å². The predicted octanol–water partition coefficient (Wildman–Crippen LogP) is 0.984. The number of nitrogens with zero attached hydrogens (tertiary/aromatic N) is 4. The van der Waals surface area contributed by atoms with E-state index in [1.54, 1.807) is 18.6 Å². The number of aromatic nitrogens is 4. The lowest BCUT2D eigenvalue weighted by atomic mass is 9.88. The highest BCUT2D eigenvalue weighted by atomic mass is 32.1. The third kappa shape index (κ3) is 2.81. The second kappa shape index (κ2) is 5.08. The molecule has 2 aromatic rings. The molecule has 0 atom stereocenters. The highest BCUT2D eigenvalue weighted by Gasteiger charge is 2.20. The molecule has 102 valence electrons. The van der Waals surface area contributed by atoms with Crippen molar-refractivity contribution < 1.29 is 0 Å². The van der Waals surface area contributed by atoms with Gasteiger partial charge in [0.2, 0.25) is 0 Å². The van der Waals surface area contributed by atoms with Crippen LogP contribution in [0.2, 0.25) is 0 Å². The van der Waals surface area contributed by atoms with Crippen molar-refractivity contribution in [3.05, 3.63) is 29.1 Å². The summed E-state index contributed by atoms with van der Waals surface area (Å²) in [6.45, 7) is 4.56. The van der Waals surface area contributed by atoms with Crippen molar-refractivity contribution >= 4 is 22.9 Å². The molecule has 0 aliphatic heterocycles. The first-order chi connectivity index (χ1) is 8.92. The SMILES string of the molecule is CC(C)(CCCn1nc2cnccn2c1=O)C(N)=S. The van der Waals surface area contributed by atoms with Crippen molar-refractivity contribution in [2.24, 2.45) is 11.1 Å². The van der Waals surface area contributed by atoms with E-state index in [1.165, 1.54) is 9.08 Å². The minimum atomic E-state index is -0.195. The molecule has 0 aliphatic carbocycles. The van der Waals surface area contributed by atoms with Crippen LogP contribution in [-0.2, 0) is 6.54 Å².